The number of aromatic carboxylic acids is 1. The molecule has 5 rings (SSSR count). The number of carboxylic acids is 1. The van der Waals surface area contributed by atoms with Crippen molar-refractivity contribution in [2.24, 2.45) is 0 Å². The zero-order chi connectivity index (χ0) is 28.6. The molecule has 2 aliphatic heterocycles. The number of amides is 1. The van der Waals surface area contributed by atoms with E-state index in [0.717, 1.165) is 49.3 Å². The summed E-state index contributed by atoms with van der Waals surface area (Å²) in [7, 11) is 0. The highest BCUT2D eigenvalue weighted by Crippen LogP contribution is 2.32. The Bertz CT molecular complexity index is 1340. The number of anilines is 2. The molecule has 0 saturated carbocycles. The van der Waals surface area contributed by atoms with Crippen molar-refractivity contribution in [3.05, 3.63) is 77.9 Å². The Hall–Kier alpha value is -3.84. The molecule has 3 aromatic carbocycles. The van der Waals surface area contributed by atoms with E-state index in [0.29, 0.717) is 0 Å². The van der Waals surface area contributed by atoms with Crippen LogP contribution in [0.15, 0.2) is 66.7 Å². The van der Waals surface area contributed by atoms with Gasteiger partial charge in [-0.05, 0) is 67.1 Å². The van der Waals surface area contributed by atoms with Crippen LogP contribution in [0, 0.1) is 0 Å². The second kappa shape index (κ2) is 13.7. The van der Waals surface area contributed by atoms with Crippen molar-refractivity contribution in [3.8, 4) is 16.9 Å². The number of carboxylic acid groups (broad SMARTS) is 1. The average molecular weight is 556 g/mol. The number of phenolic OH excluding ortho intramolecular Hbond substituents is 1. The van der Waals surface area contributed by atoms with Crippen molar-refractivity contribution < 1.29 is 19.8 Å². The first-order valence-electron chi connectivity index (χ1n) is 15.1. The monoisotopic (exact) mass is 555 g/mol. The van der Waals surface area contributed by atoms with Crippen LogP contribution >= 0.6 is 0 Å². The minimum atomic E-state index is -1.13. The summed E-state index contributed by atoms with van der Waals surface area (Å²) in [6, 6.07) is 19.8. The van der Waals surface area contributed by atoms with Crippen LogP contribution in [0.5, 0.6) is 5.75 Å². The highest BCUT2D eigenvalue weighted by Gasteiger charge is 2.28. The lowest BCUT2D eigenvalue weighted by atomic mass is 10.0. The van der Waals surface area contributed by atoms with E-state index in [1.54, 1.807) is 24.3 Å². The van der Waals surface area contributed by atoms with Gasteiger partial charge in [0.15, 0.2) is 0 Å². The van der Waals surface area contributed by atoms with Crippen LogP contribution in [0.2, 0.25) is 0 Å². The zero-order valence-electron chi connectivity index (χ0n) is 23.7. The number of hydrogen-bond donors (Lipinski definition) is 3. The van der Waals surface area contributed by atoms with Crippen molar-refractivity contribution in [1.82, 2.24) is 4.90 Å². The molecule has 1 amide bonds. The molecule has 41 heavy (non-hydrogen) atoms. The minimum Gasteiger partial charge on any atom is -0.507 e. The highest BCUT2D eigenvalue weighted by molar-refractivity contribution is 6.10. The van der Waals surface area contributed by atoms with Gasteiger partial charge >= 0.3 is 5.97 Å². The molecule has 7 heteroatoms. The quantitative estimate of drug-likeness (QED) is 0.294. The molecule has 3 N–H and O–H groups in total. The van der Waals surface area contributed by atoms with Crippen molar-refractivity contribution >= 4 is 23.3 Å². The van der Waals surface area contributed by atoms with Crippen molar-refractivity contribution in [2.75, 3.05) is 29.9 Å². The van der Waals surface area contributed by atoms with Gasteiger partial charge in [-0.1, -0.05) is 74.9 Å². The molecular formula is C34H41N3O4. The number of rotatable bonds is 6. The van der Waals surface area contributed by atoms with E-state index in [1.165, 1.54) is 57.4 Å². The number of nitrogens with one attached hydrogen (secondary N) is 1. The van der Waals surface area contributed by atoms with Gasteiger partial charge in [0, 0.05) is 25.3 Å². The van der Waals surface area contributed by atoms with E-state index in [1.807, 2.05) is 36.4 Å². The maximum Gasteiger partial charge on any atom is 0.337 e. The Balaban J connectivity index is 1.44. The third kappa shape index (κ3) is 7.09. The van der Waals surface area contributed by atoms with Crippen LogP contribution in [0.3, 0.4) is 0 Å². The normalized spacial score (nSPS) is 18.9. The molecule has 7 nitrogen and oxygen atoms in total. The standard InChI is InChI=1S/C34H41N3O4/c38-31-19-17-27(37-22-12-5-2-9-15-32(37)36-20-10-3-1-4-11-21-36)24-29(31)33(39)35-30-23-26(16-18-28(30)34(40)41)25-13-7-6-8-14-25/h6-8,13-14,16-19,23-24,32,38H,1-5,9-12,15,20-22H2,(H,35,39)(H,40,41). The maximum absolute atomic E-state index is 13.6. The summed E-state index contributed by atoms with van der Waals surface area (Å²) in [5.74, 6) is -1.79. The summed E-state index contributed by atoms with van der Waals surface area (Å²) in [5.41, 5.74) is 2.95. The Morgan fingerprint density at radius 2 is 1.39 bits per heavy atom. The lowest BCUT2D eigenvalue weighted by Gasteiger charge is -2.43. The van der Waals surface area contributed by atoms with Gasteiger partial charge in [0.2, 0.25) is 0 Å². The molecule has 0 radical (unpaired) electrons. The number of benzene rings is 3. The lowest BCUT2D eigenvalue weighted by Crippen LogP contribution is -2.50. The number of carbonyl (C=O) groups excluding carboxylic acids is 1. The first kappa shape index (κ1) is 28.7. The Kier molecular flexibility index (Phi) is 9.57. The van der Waals surface area contributed by atoms with Crippen molar-refractivity contribution in [3.63, 3.8) is 0 Å². The lowest BCUT2D eigenvalue weighted by molar-refractivity contribution is 0.0698. The van der Waals surface area contributed by atoms with Gasteiger partial charge in [0.25, 0.3) is 5.91 Å². The fraction of sp³-hybridized carbons (Fsp3) is 0.412. The number of phenols is 1. The zero-order valence-corrected chi connectivity index (χ0v) is 23.7. The Labute approximate surface area is 242 Å². The van der Waals surface area contributed by atoms with Gasteiger partial charge in [-0.2, -0.15) is 0 Å². The van der Waals surface area contributed by atoms with E-state index < -0.39 is 11.9 Å². The smallest absolute Gasteiger partial charge is 0.337 e. The fourth-order valence-corrected chi connectivity index (χ4v) is 6.24. The van der Waals surface area contributed by atoms with E-state index in [4.69, 9.17) is 0 Å². The Morgan fingerprint density at radius 1 is 0.707 bits per heavy atom. The van der Waals surface area contributed by atoms with Crippen LogP contribution in [0.25, 0.3) is 11.1 Å². The first-order chi connectivity index (χ1) is 20.0. The molecule has 1 atom stereocenters. The van der Waals surface area contributed by atoms with Crippen molar-refractivity contribution in [1.29, 1.82) is 0 Å². The average Bonchev–Trinajstić information content (AvgIpc) is 2.94. The highest BCUT2D eigenvalue weighted by atomic mass is 16.4. The van der Waals surface area contributed by atoms with E-state index in [2.05, 4.69) is 15.1 Å². The molecule has 3 aromatic rings. The molecule has 1 unspecified atom stereocenters. The Morgan fingerprint density at radius 3 is 2.12 bits per heavy atom. The third-order valence-electron chi connectivity index (χ3n) is 8.44. The first-order valence-corrected chi connectivity index (χ1v) is 15.1. The topological polar surface area (TPSA) is 93.1 Å². The molecule has 0 aromatic heterocycles. The fourth-order valence-electron chi connectivity index (χ4n) is 6.24. The van der Waals surface area contributed by atoms with Gasteiger partial charge in [-0.3, -0.25) is 9.69 Å². The van der Waals surface area contributed by atoms with Crippen molar-refractivity contribution in [2.45, 2.75) is 70.4 Å². The van der Waals surface area contributed by atoms with Crippen LogP contribution in [-0.4, -0.2) is 52.8 Å². The van der Waals surface area contributed by atoms with Crippen LogP contribution in [-0.2, 0) is 0 Å². The molecular weight excluding hydrogens is 514 g/mol. The molecule has 216 valence electrons. The summed E-state index contributed by atoms with van der Waals surface area (Å²) in [4.78, 5) is 30.6. The summed E-state index contributed by atoms with van der Waals surface area (Å²) < 4.78 is 0. The van der Waals surface area contributed by atoms with Gasteiger partial charge in [-0.25, -0.2) is 4.79 Å². The molecule has 2 saturated heterocycles. The minimum absolute atomic E-state index is 0.00501. The van der Waals surface area contributed by atoms with E-state index >= 15 is 0 Å². The summed E-state index contributed by atoms with van der Waals surface area (Å²) in [6.45, 7) is 3.07. The molecule has 2 heterocycles. The largest absolute Gasteiger partial charge is 0.507 e. The molecule has 0 aliphatic carbocycles. The summed E-state index contributed by atoms with van der Waals surface area (Å²) >= 11 is 0. The second-order valence-corrected chi connectivity index (χ2v) is 11.3. The van der Waals surface area contributed by atoms with Gasteiger partial charge in [0.05, 0.1) is 23.0 Å². The molecule has 0 bridgehead atoms. The van der Waals surface area contributed by atoms with Crippen LogP contribution in [0.4, 0.5) is 11.4 Å². The van der Waals surface area contributed by atoms with Gasteiger partial charge in [-0.15, -0.1) is 0 Å². The van der Waals surface area contributed by atoms with E-state index in [9.17, 15) is 19.8 Å². The van der Waals surface area contributed by atoms with E-state index in [-0.39, 0.29) is 28.7 Å². The van der Waals surface area contributed by atoms with Gasteiger partial charge in [0.1, 0.15) is 5.75 Å². The van der Waals surface area contributed by atoms with Crippen LogP contribution in [0.1, 0.15) is 84.9 Å². The predicted octanol–water partition coefficient (Wildman–Crippen LogP) is 7.37. The third-order valence-corrected chi connectivity index (χ3v) is 8.44. The number of aromatic hydroxyl groups is 1. The van der Waals surface area contributed by atoms with Crippen LogP contribution < -0.4 is 10.2 Å². The summed E-state index contributed by atoms with van der Waals surface area (Å²) in [5, 5.41) is 23.4. The second-order valence-electron chi connectivity index (χ2n) is 11.3. The van der Waals surface area contributed by atoms with Gasteiger partial charge < -0.3 is 20.4 Å². The molecule has 0 spiro atoms. The predicted molar refractivity (Wildman–Crippen MR) is 164 cm³/mol. The molecule has 2 fully saturated rings. The number of hydrogen-bond acceptors (Lipinski definition) is 5. The molecule has 2 aliphatic rings. The SMILES string of the molecule is O=C(Nc1cc(-c2ccccc2)ccc1C(=O)O)c1cc(N2CCCCCCC2N2CCCCCCC2)ccc1O. The summed E-state index contributed by atoms with van der Waals surface area (Å²) in [6.07, 6.45) is 12.3. The number of carbonyl (C=O) groups is 2. The number of likely N-dealkylation sites (tertiary alicyclic amines) is 1. The number of nitrogens with zero attached hydrogens (tertiary/aromatic N) is 2. The maximum atomic E-state index is 13.6.